The number of hydrogen-bond acceptors (Lipinski definition) is 7. The van der Waals surface area contributed by atoms with Crippen molar-refractivity contribution in [1.82, 2.24) is 14.7 Å². The molecular weight excluding hydrogens is 322 g/mol. The topological polar surface area (TPSA) is 88.1 Å². The normalized spacial score (nSPS) is 28.3. The van der Waals surface area contributed by atoms with Crippen molar-refractivity contribution in [1.29, 1.82) is 0 Å². The summed E-state index contributed by atoms with van der Waals surface area (Å²) < 4.78 is 39.6. The molecule has 3 saturated heterocycles. The van der Waals surface area contributed by atoms with Gasteiger partial charge < -0.3 is 9.80 Å². The second kappa shape index (κ2) is 5.75. The molecule has 7 nitrogen and oxygen atoms in total. The molecule has 3 fully saturated rings. The monoisotopic (exact) mass is 345 g/mol. The van der Waals surface area contributed by atoms with Gasteiger partial charge in [0.2, 0.25) is 0 Å². The average molecular weight is 346 g/mol. The molecule has 0 N–H and O–H groups in total. The molecule has 130 valence electrons. The van der Waals surface area contributed by atoms with Crippen molar-refractivity contribution in [3.05, 3.63) is 11.4 Å². The maximum absolute atomic E-state index is 11.5. The summed E-state index contributed by atoms with van der Waals surface area (Å²) in [5.74, 6) is 0. The second-order valence-corrected chi connectivity index (χ2v) is 7.79. The van der Waals surface area contributed by atoms with Crippen molar-refractivity contribution in [3.8, 4) is 0 Å². The molecule has 23 heavy (non-hydrogen) atoms. The molecule has 0 aromatic rings. The van der Waals surface area contributed by atoms with Crippen LogP contribution in [0.15, 0.2) is 11.4 Å². The molecule has 0 bridgehead atoms. The van der Waals surface area contributed by atoms with E-state index in [1.54, 1.807) is 0 Å². The highest BCUT2D eigenvalue weighted by atomic mass is 35.7. The van der Waals surface area contributed by atoms with Crippen LogP contribution in [0.25, 0.3) is 0 Å². The van der Waals surface area contributed by atoms with E-state index >= 15 is 0 Å². The lowest BCUT2D eigenvalue weighted by Crippen LogP contribution is -2.66. The molecule has 3 aliphatic heterocycles. The number of hydrogen-bond donors (Lipinski definition) is 0. The third-order valence-electron chi connectivity index (χ3n) is 5.41. The summed E-state index contributed by atoms with van der Waals surface area (Å²) in [5, 5.41) is 0. The first-order valence-corrected chi connectivity index (χ1v) is 9.87. The van der Waals surface area contributed by atoms with E-state index in [1.807, 2.05) is 0 Å². The molecule has 3 heterocycles. The zero-order chi connectivity index (χ0) is 16.1. The van der Waals surface area contributed by atoms with Crippen LogP contribution in [0, 0.1) is 10.2 Å². The first-order valence-electron chi connectivity index (χ1n) is 8.64. The van der Waals surface area contributed by atoms with Crippen molar-refractivity contribution < 1.29 is 28.5 Å². The van der Waals surface area contributed by atoms with E-state index in [0.29, 0.717) is 0 Å². The summed E-state index contributed by atoms with van der Waals surface area (Å²) in [7, 11) is -4.47. The molecule has 0 atom stereocenters. The van der Waals surface area contributed by atoms with Crippen LogP contribution in [0.3, 0.4) is 0 Å². The van der Waals surface area contributed by atoms with E-state index in [-0.39, 0.29) is 0 Å². The first kappa shape index (κ1) is 15.9. The highest BCUT2D eigenvalue weighted by molar-refractivity contribution is 5.51. The number of rotatable bonds is 5. The lowest BCUT2D eigenvalue weighted by molar-refractivity contribution is -1.92. The molecule has 0 aromatic heterocycles. The van der Waals surface area contributed by atoms with Gasteiger partial charge in [-0.25, -0.2) is 0 Å². The second-order valence-electron chi connectivity index (χ2n) is 6.88. The lowest BCUT2D eigenvalue weighted by atomic mass is 10.3. The van der Waals surface area contributed by atoms with Crippen LogP contribution in [0.2, 0.25) is 0 Å². The van der Waals surface area contributed by atoms with Crippen LogP contribution < -0.4 is 14.0 Å². The molecule has 0 unspecified atom stereocenters. The molecule has 4 aliphatic rings. The van der Waals surface area contributed by atoms with Gasteiger partial charge in [0.05, 0.1) is 10.2 Å². The predicted molar refractivity (Wildman–Crippen MR) is 73.3 cm³/mol. The van der Waals surface area contributed by atoms with Gasteiger partial charge in [0, 0.05) is 39.3 Å². The fraction of sp³-hybridized carbons (Fsp3) is 0.867. The highest BCUT2D eigenvalue weighted by Crippen LogP contribution is 2.56. The van der Waals surface area contributed by atoms with E-state index in [0.717, 1.165) is 89.2 Å². The third-order valence-corrected chi connectivity index (χ3v) is 5.82. The van der Waals surface area contributed by atoms with Gasteiger partial charge >= 0.3 is 5.72 Å². The smallest absolute Gasteiger partial charge is 0.361 e. The summed E-state index contributed by atoms with van der Waals surface area (Å²) >= 11 is 0. The average Bonchev–Trinajstić information content (AvgIpc) is 3.12. The van der Waals surface area contributed by atoms with E-state index in [4.69, 9.17) is 4.29 Å². The number of halogens is 1. The van der Waals surface area contributed by atoms with Crippen LogP contribution in [-0.4, -0.2) is 59.7 Å². The number of nitrogens with zero attached hydrogens (tertiary/aromatic N) is 3. The predicted octanol–water partition coefficient (Wildman–Crippen LogP) is -1.89. The summed E-state index contributed by atoms with van der Waals surface area (Å²) in [4.78, 5) is 6.51. The van der Waals surface area contributed by atoms with Gasteiger partial charge in [-0.3, -0.25) is 4.90 Å². The molecule has 1 aliphatic carbocycles. The Labute approximate surface area is 138 Å². The van der Waals surface area contributed by atoms with Gasteiger partial charge in [0.25, 0.3) is 0 Å². The molecule has 0 aromatic carbocycles. The maximum Gasteiger partial charge on any atom is 0.361 e. The maximum atomic E-state index is 11.5. The fourth-order valence-corrected chi connectivity index (χ4v) is 4.95. The van der Waals surface area contributed by atoms with E-state index in [2.05, 4.69) is 14.7 Å². The van der Waals surface area contributed by atoms with Gasteiger partial charge in [-0.05, 0) is 38.5 Å². The lowest BCUT2D eigenvalue weighted by Gasteiger charge is -2.30. The minimum absolute atomic E-state index is 0.778. The molecular formula is C15H24ClN3O4. The molecule has 0 radical (unpaired) electrons. The first-order chi connectivity index (χ1) is 11.0. The largest absolute Gasteiger partial charge is 0.369 e. The third kappa shape index (κ3) is 2.73. The van der Waals surface area contributed by atoms with Crippen LogP contribution in [0.1, 0.15) is 38.5 Å². The minimum Gasteiger partial charge on any atom is -0.369 e. The summed E-state index contributed by atoms with van der Waals surface area (Å²) in [6.45, 7) is 5.23. The van der Waals surface area contributed by atoms with Crippen LogP contribution in [0.4, 0.5) is 0 Å². The Morgan fingerprint density at radius 1 is 0.696 bits per heavy atom. The van der Waals surface area contributed by atoms with Crippen LogP contribution in [0.5, 0.6) is 0 Å². The Kier molecular flexibility index (Phi) is 3.98. The van der Waals surface area contributed by atoms with Gasteiger partial charge in [0.1, 0.15) is 15.7 Å². The van der Waals surface area contributed by atoms with Crippen LogP contribution >= 0.6 is 0 Å². The minimum atomic E-state index is -4.47. The summed E-state index contributed by atoms with van der Waals surface area (Å²) in [6, 6.07) is 0. The Hall–Kier alpha value is -0.570. The summed E-state index contributed by atoms with van der Waals surface area (Å²) in [6.07, 6.45) is 6.45. The Morgan fingerprint density at radius 3 is 1.48 bits per heavy atom. The van der Waals surface area contributed by atoms with Crippen molar-refractivity contribution in [2.24, 2.45) is 0 Å². The number of likely N-dealkylation sites (tertiary alicyclic amines) is 3. The van der Waals surface area contributed by atoms with Gasteiger partial charge in [-0.2, -0.15) is 14.0 Å². The molecule has 0 amide bonds. The Bertz CT molecular complexity index is 463. The standard InChI is InChI=1S/C15H24ClN3O4/c20-16(21,22)23-15(19-11-5-6-12-19)13(17-7-1-2-8-17)14(15)18-9-3-4-10-18/h1-12H2. The zero-order valence-electron chi connectivity index (χ0n) is 13.3. The molecule has 0 spiro atoms. The van der Waals surface area contributed by atoms with Gasteiger partial charge in [0.15, 0.2) is 0 Å². The van der Waals surface area contributed by atoms with Gasteiger partial charge in [-0.1, -0.05) is 0 Å². The van der Waals surface area contributed by atoms with Crippen LogP contribution in [-0.2, 0) is 4.29 Å². The molecule has 4 rings (SSSR count). The van der Waals surface area contributed by atoms with Crippen molar-refractivity contribution in [2.75, 3.05) is 39.3 Å². The molecule has 0 saturated carbocycles. The summed E-state index contributed by atoms with van der Waals surface area (Å²) in [5.41, 5.74) is 0.754. The highest BCUT2D eigenvalue weighted by Gasteiger charge is 2.74. The Balaban J connectivity index is 1.68. The quantitative estimate of drug-likeness (QED) is 0.575. The Morgan fingerprint density at radius 2 is 1.09 bits per heavy atom. The van der Waals surface area contributed by atoms with E-state index in [9.17, 15) is 14.0 Å². The SMILES string of the molecule is [O-][Cl+3]([O-])([O-])OC1(N2CCCC2)C(N2CCCC2)=C1N1CCCC1. The van der Waals surface area contributed by atoms with Crippen molar-refractivity contribution >= 4 is 0 Å². The fourth-order valence-electron chi connectivity index (χ4n) is 4.43. The van der Waals surface area contributed by atoms with Crippen molar-refractivity contribution in [3.63, 3.8) is 0 Å². The van der Waals surface area contributed by atoms with Crippen molar-refractivity contribution in [2.45, 2.75) is 44.2 Å². The molecule has 8 heteroatoms. The van der Waals surface area contributed by atoms with Gasteiger partial charge in [-0.15, -0.1) is 0 Å². The van der Waals surface area contributed by atoms with E-state index in [1.165, 1.54) is 0 Å². The van der Waals surface area contributed by atoms with E-state index < -0.39 is 16.0 Å². The zero-order valence-corrected chi connectivity index (χ0v) is 14.1.